The summed E-state index contributed by atoms with van der Waals surface area (Å²) in [6, 6.07) is 3.31. The summed E-state index contributed by atoms with van der Waals surface area (Å²) in [7, 11) is 0. The van der Waals surface area contributed by atoms with Crippen molar-refractivity contribution in [2.45, 2.75) is 6.92 Å². The number of nitro groups is 1. The van der Waals surface area contributed by atoms with Crippen LogP contribution in [0.4, 0.5) is 11.4 Å². The van der Waals surface area contributed by atoms with Crippen molar-refractivity contribution in [3.63, 3.8) is 0 Å². The van der Waals surface area contributed by atoms with Crippen molar-refractivity contribution < 1.29 is 4.92 Å². The van der Waals surface area contributed by atoms with E-state index in [0.29, 0.717) is 5.56 Å². The van der Waals surface area contributed by atoms with Gasteiger partial charge in [-0.3, -0.25) is 10.1 Å². The van der Waals surface area contributed by atoms with E-state index in [1.54, 1.807) is 19.1 Å². The molecule has 1 aromatic carbocycles. The Balaban J connectivity index is 3.43. The number of nitrogens with zero attached hydrogens (tertiary/aromatic N) is 1. The van der Waals surface area contributed by atoms with Crippen LogP contribution in [0, 0.1) is 20.6 Å². The topological polar surface area (TPSA) is 69.2 Å². The fourth-order valence-corrected chi connectivity index (χ4v) is 1.37. The summed E-state index contributed by atoms with van der Waals surface area (Å²) in [6.45, 7) is 1.69. The molecule has 1 aromatic rings. The van der Waals surface area contributed by atoms with Crippen molar-refractivity contribution in [1.29, 1.82) is 0 Å². The third-order valence-electron chi connectivity index (χ3n) is 1.58. The van der Waals surface area contributed by atoms with E-state index in [-0.39, 0.29) is 11.4 Å². The molecule has 64 valence electrons. The Kier molecular flexibility index (Phi) is 2.51. The highest BCUT2D eigenvalue weighted by atomic mass is 127. The Morgan fingerprint density at radius 1 is 1.58 bits per heavy atom. The van der Waals surface area contributed by atoms with Gasteiger partial charge < -0.3 is 5.73 Å². The molecule has 0 radical (unpaired) electrons. The van der Waals surface area contributed by atoms with Gasteiger partial charge >= 0.3 is 0 Å². The number of nitrogens with two attached hydrogens (primary N) is 1. The largest absolute Gasteiger partial charge is 0.393 e. The predicted molar refractivity (Wildman–Crippen MR) is 55.0 cm³/mol. The molecule has 0 amide bonds. The zero-order valence-electron chi connectivity index (χ0n) is 6.37. The summed E-state index contributed by atoms with van der Waals surface area (Å²) in [5, 5.41) is 10.5. The van der Waals surface area contributed by atoms with Crippen molar-refractivity contribution in [3.8, 4) is 0 Å². The molecule has 0 aliphatic carbocycles. The Labute approximate surface area is 83.1 Å². The molecule has 0 saturated heterocycles. The van der Waals surface area contributed by atoms with Crippen molar-refractivity contribution >= 4 is 34.0 Å². The van der Waals surface area contributed by atoms with Crippen molar-refractivity contribution in [2.75, 3.05) is 5.73 Å². The number of anilines is 1. The second-order valence-corrected chi connectivity index (χ2v) is 3.53. The summed E-state index contributed by atoms with van der Waals surface area (Å²) >= 11 is 2.04. The van der Waals surface area contributed by atoms with E-state index in [9.17, 15) is 10.1 Å². The van der Waals surface area contributed by atoms with Crippen molar-refractivity contribution in [2.24, 2.45) is 0 Å². The predicted octanol–water partition coefficient (Wildman–Crippen LogP) is 2.09. The number of halogens is 1. The van der Waals surface area contributed by atoms with Crippen LogP contribution in [-0.4, -0.2) is 4.92 Å². The minimum absolute atomic E-state index is 0.0156. The SMILES string of the molecule is Cc1c(I)ccc(N)c1[N+](=O)[O-]. The van der Waals surface area contributed by atoms with E-state index >= 15 is 0 Å². The van der Waals surface area contributed by atoms with Crippen molar-refractivity contribution in [1.82, 2.24) is 0 Å². The zero-order valence-corrected chi connectivity index (χ0v) is 8.53. The van der Waals surface area contributed by atoms with E-state index in [1.807, 2.05) is 22.6 Å². The molecule has 1 rings (SSSR count). The van der Waals surface area contributed by atoms with Gasteiger partial charge in [-0.2, -0.15) is 0 Å². The number of nitro benzene ring substituents is 1. The second kappa shape index (κ2) is 3.26. The van der Waals surface area contributed by atoms with Crippen LogP contribution in [0.15, 0.2) is 12.1 Å². The van der Waals surface area contributed by atoms with Gasteiger partial charge in [-0.25, -0.2) is 0 Å². The Bertz CT molecular complexity index is 338. The lowest BCUT2D eigenvalue weighted by Gasteiger charge is -2.01. The standard InChI is InChI=1S/C7H7IN2O2/c1-4-5(8)2-3-6(9)7(4)10(11)12/h2-3H,9H2,1H3. The third kappa shape index (κ3) is 1.50. The lowest BCUT2D eigenvalue weighted by molar-refractivity contribution is -0.384. The highest BCUT2D eigenvalue weighted by Gasteiger charge is 2.16. The van der Waals surface area contributed by atoms with Crippen LogP contribution in [-0.2, 0) is 0 Å². The van der Waals surface area contributed by atoms with E-state index in [0.717, 1.165) is 3.57 Å². The maximum atomic E-state index is 10.5. The van der Waals surface area contributed by atoms with Crippen LogP contribution in [0.3, 0.4) is 0 Å². The molecule has 0 aliphatic rings. The van der Waals surface area contributed by atoms with Gasteiger partial charge in [-0.15, -0.1) is 0 Å². The molecule has 0 unspecified atom stereocenters. The quantitative estimate of drug-likeness (QED) is 0.370. The summed E-state index contributed by atoms with van der Waals surface area (Å²) in [6.07, 6.45) is 0. The minimum atomic E-state index is -0.452. The Hall–Kier alpha value is -0.850. The molecule has 4 nitrogen and oxygen atoms in total. The molecule has 5 heteroatoms. The first-order valence-corrected chi connectivity index (χ1v) is 4.31. The monoisotopic (exact) mass is 278 g/mol. The van der Waals surface area contributed by atoms with Gasteiger partial charge in [-0.05, 0) is 41.6 Å². The maximum Gasteiger partial charge on any atom is 0.296 e. The smallest absolute Gasteiger partial charge is 0.296 e. The number of benzene rings is 1. The molecule has 0 aromatic heterocycles. The first kappa shape index (κ1) is 9.24. The van der Waals surface area contributed by atoms with Gasteiger partial charge in [0.15, 0.2) is 0 Å². The molecule has 12 heavy (non-hydrogen) atoms. The lowest BCUT2D eigenvalue weighted by atomic mass is 10.2. The van der Waals surface area contributed by atoms with Crippen LogP contribution in [0.25, 0.3) is 0 Å². The number of hydrogen-bond acceptors (Lipinski definition) is 3. The molecule has 0 spiro atoms. The normalized spacial score (nSPS) is 9.83. The van der Waals surface area contributed by atoms with E-state index < -0.39 is 4.92 Å². The van der Waals surface area contributed by atoms with Crippen LogP contribution in [0.5, 0.6) is 0 Å². The van der Waals surface area contributed by atoms with Crippen LogP contribution in [0.1, 0.15) is 5.56 Å². The minimum Gasteiger partial charge on any atom is -0.393 e. The lowest BCUT2D eigenvalue weighted by Crippen LogP contribution is -1.99. The third-order valence-corrected chi connectivity index (χ3v) is 2.75. The maximum absolute atomic E-state index is 10.5. The fourth-order valence-electron chi connectivity index (χ4n) is 0.939. The number of nitrogen functional groups attached to an aromatic ring is 1. The molecule has 2 N–H and O–H groups in total. The Morgan fingerprint density at radius 3 is 2.58 bits per heavy atom. The summed E-state index contributed by atoms with van der Waals surface area (Å²) in [5.41, 5.74) is 6.31. The molecule has 0 heterocycles. The molecular formula is C7H7IN2O2. The van der Waals surface area contributed by atoms with Gasteiger partial charge in [0.1, 0.15) is 5.69 Å². The molecular weight excluding hydrogens is 271 g/mol. The van der Waals surface area contributed by atoms with Crippen LogP contribution in [0.2, 0.25) is 0 Å². The average molecular weight is 278 g/mol. The first-order valence-electron chi connectivity index (χ1n) is 3.23. The second-order valence-electron chi connectivity index (χ2n) is 2.37. The highest BCUT2D eigenvalue weighted by Crippen LogP contribution is 2.28. The average Bonchev–Trinajstić information content (AvgIpc) is 1.97. The van der Waals surface area contributed by atoms with Crippen molar-refractivity contribution in [3.05, 3.63) is 31.4 Å². The molecule has 0 saturated carbocycles. The van der Waals surface area contributed by atoms with Gasteiger partial charge in [0, 0.05) is 9.13 Å². The number of rotatable bonds is 1. The van der Waals surface area contributed by atoms with Crippen LogP contribution < -0.4 is 5.73 Å². The van der Waals surface area contributed by atoms with Gasteiger partial charge in [-0.1, -0.05) is 0 Å². The highest BCUT2D eigenvalue weighted by molar-refractivity contribution is 14.1. The summed E-state index contributed by atoms with van der Waals surface area (Å²) in [5.74, 6) is 0. The number of hydrogen-bond donors (Lipinski definition) is 1. The molecule has 0 fully saturated rings. The zero-order chi connectivity index (χ0) is 9.30. The first-order chi connectivity index (χ1) is 5.54. The van der Waals surface area contributed by atoms with E-state index in [2.05, 4.69) is 0 Å². The molecule has 0 bridgehead atoms. The fraction of sp³-hybridized carbons (Fsp3) is 0.143. The van der Waals surface area contributed by atoms with Gasteiger partial charge in [0.05, 0.1) is 4.92 Å². The Morgan fingerprint density at radius 2 is 2.17 bits per heavy atom. The molecule has 0 atom stereocenters. The van der Waals surface area contributed by atoms with E-state index in [1.165, 1.54) is 0 Å². The molecule has 0 aliphatic heterocycles. The van der Waals surface area contributed by atoms with Gasteiger partial charge in [0.2, 0.25) is 0 Å². The summed E-state index contributed by atoms with van der Waals surface area (Å²) in [4.78, 5) is 10.1. The van der Waals surface area contributed by atoms with E-state index in [4.69, 9.17) is 5.73 Å². The van der Waals surface area contributed by atoms with Crippen LogP contribution >= 0.6 is 22.6 Å². The summed E-state index contributed by atoms with van der Waals surface area (Å²) < 4.78 is 0.855. The van der Waals surface area contributed by atoms with Gasteiger partial charge in [0.25, 0.3) is 5.69 Å².